The van der Waals surface area contributed by atoms with Gasteiger partial charge in [0.2, 0.25) is 0 Å². The monoisotopic (exact) mass is 272 g/mol. The summed E-state index contributed by atoms with van der Waals surface area (Å²) in [7, 11) is 0. The van der Waals surface area contributed by atoms with Crippen LogP contribution in [-0.4, -0.2) is 34.0 Å². The number of ether oxygens (including phenoxy) is 1. The smallest absolute Gasteiger partial charge is 0.308 e. The predicted molar refractivity (Wildman–Crippen MR) is 64.5 cm³/mol. The van der Waals surface area contributed by atoms with E-state index in [0.717, 1.165) is 6.07 Å². The molecule has 0 aromatic heterocycles. The molecule has 2 unspecified atom stereocenters. The molecular weight excluding hydrogens is 255 g/mol. The van der Waals surface area contributed by atoms with Gasteiger partial charge in [0.25, 0.3) is 0 Å². The lowest BCUT2D eigenvalue weighted by atomic mass is 10.0. The molecule has 19 heavy (non-hydrogen) atoms. The molecule has 0 bridgehead atoms. The van der Waals surface area contributed by atoms with Gasteiger partial charge in [0.05, 0.1) is 25.7 Å². The topological polar surface area (TPSA) is 87.0 Å². The summed E-state index contributed by atoms with van der Waals surface area (Å²) >= 11 is 0. The van der Waals surface area contributed by atoms with E-state index in [-0.39, 0.29) is 24.2 Å². The van der Waals surface area contributed by atoms with Gasteiger partial charge in [0, 0.05) is 5.56 Å². The third-order valence-electron chi connectivity index (χ3n) is 2.63. The van der Waals surface area contributed by atoms with Crippen molar-refractivity contribution in [2.45, 2.75) is 32.2 Å². The summed E-state index contributed by atoms with van der Waals surface area (Å²) in [6, 6.07) is 3.71. The number of aliphatic hydroxyl groups excluding tert-OH is 3. The quantitative estimate of drug-likeness (QED) is 0.662. The SMILES string of the molecule is CCOC(=O)CC(O)C(O)c1ccc(CO)c(F)c1. The average Bonchev–Trinajstić information content (AvgIpc) is 2.37. The Morgan fingerprint density at radius 1 is 1.42 bits per heavy atom. The van der Waals surface area contributed by atoms with E-state index in [1.54, 1.807) is 6.92 Å². The fourth-order valence-corrected chi connectivity index (χ4v) is 1.60. The zero-order chi connectivity index (χ0) is 14.4. The van der Waals surface area contributed by atoms with Crippen LogP contribution in [-0.2, 0) is 16.1 Å². The van der Waals surface area contributed by atoms with Crippen molar-refractivity contribution in [2.75, 3.05) is 6.61 Å². The van der Waals surface area contributed by atoms with Gasteiger partial charge >= 0.3 is 5.97 Å². The fraction of sp³-hybridized carbons (Fsp3) is 0.462. The van der Waals surface area contributed by atoms with Crippen LogP contribution in [0.5, 0.6) is 0 Å². The summed E-state index contributed by atoms with van der Waals surface area (Å²) in [4.78, 5) is 11.2. The molecule has 0 aliphatic carbocycles. The molecule has 2 atom stereocenters. The molecule has 3 N–H and O–H groups in total. The normalized spacial score (nSPS) is 13.9. The Bertz CT molecular complexity index is 435. The van der Waals surface area contributed by atoms with Crippen molar-refractivity contribution in [2.24, 2.45) is 0 Å². The third kappa shape index (κ3) is 4.27. The fourth-order valence-electron chi connectivity index (χ4n) is 1.60. The Morgan fingerprint density at radius 3 is 2.63 bits per heavy atom. The van der Waals surface area contributed by atoms with E-state index in [2.05, 4.69) is 4.74 Å². The average molecular weight is 272 g/mol. The summed E-state index contributed by atoms with van der Waals surface area (Å²) in [6.07, 6.45) is -3.15. The Morgan fingerprint density at radius 2 is 2.11 bits per heavy atom. The Labute approximate surface area is 110 Å². The molecule has 0 heterocycles. The zero-order valence-corrected chi connectivity index (χ0v) is 10.5. The molecule has 106 valence electrons. The Kier molecular flexibility index (Phi) is 5.88. The van der Waals surface area contributed by atoms with Crippen LogP contribution in [0.25, 0.3) is 0 Å². The highest BCUT2D eigenvalue weighted by molar-refractivity contribution is 5.70. The van der Waals surface area contributed by atoms with Crippen molar-refractivity contribution < 1.29 is 29.2 Å². The highest BCUT2D eigenvalue weighted by atomic mass is 19.1. The van der Waals surface area contributed by atoms with Crippen LogP contribution in [0, 0.1) is 5.82 Å². The van der Waals surface area contributed by atoms with Crippen LogP contribution < -0.4 is 0 Å². The van der Waals surface area contributed by atoms with Gasteiger partial charge in [0.1, 0.15) is 11.9 Å². The minimum absolute atomic E-state index is 0.0934. The first kappa shape index (κ1) is 15.6. The molecule has 1 aromatic carbocycles. The second kappa shape index (κ2) is 7.18. The van der Waals surface area contributed by atoms with Gasteiger partial charge in [0.15, 0.2) is 0 Å². The minimum atomic E-state index is -1.40. The summed E-state index contributed by atoms with van der Waals surface area (Å²) < 4.78 is 18.1. The van der Waals surface area contributed by atoms with Crippen LogP contribution in [0.4, 0.5) is 4.39 Å². The first-order valence-corrected chi connectivity index (χ1v) is 5.90. The van der Waals surface area contributed by atoms with E-state index in [1.165, 1.54) is 12.1 Å². The molecule has 0 aliphatic heterocycles. The third-order valence-corrected chi connectivity index (χ3v) is 2.63. The molecule has 0 saturated carbocycles. The number of rotatable bonds is 6. The lowest BCUT2D eigenvalue weighted by Gasteiger charge is -2.18. The lowest BCUT2D eigenvalue weighted by Crippen LogP contribution is -2.23. The molecular formula is C13H17FO5. The first-order valence-electron chi connectivity index (χ1n) is 5.90. The number of carbonyl (C=O) groups is 1. The van der Waals surface area contributed by atoms with Gasteiger partial charge in [-0.1, -0.05) is 12.1 Å². The van der Waals surface area contributed by atoms with Gasteiger partial charge in [-0.15, -0.1) is 0 Å². The van der Waals surface area contributed by atoms with E-state index in [4.69, 9.17) is 5.11 Å². The lowest BCUT2D eigenvalue weighted by molar-refractivity contribution is -0.147. The van der Waals surface area contributed by atoms with Crippen LogP contribution in [0.1, 0.15) is 30.6 Å². The van der Waals surface area contributed by atoms with Crippen LogP contribution >= 0.6 is 0 Å². The molecule has 0 saturated heterocycles. The van der Waals surface area contributed by atoms with Gasteiger partial charge in [-0.3, -0.25) is 4.79 Å². The minimum Gasteiger partial charge on any atom is -0.466 e. The van der Waals surface area contributed by atoms with Crippen molar-refractivity contribution in [3.8, 4) is 0 Å². The van der Waals surface area contributed by atoms with Gasteiger partial charge in [-0.25, -0.2) is 4.39 Å². The van der Waals surface area contributed by atoms with E-state index in [9.17, 15) is 19.4 Å². The van der Waals surface area contributed by atoms with Gasteiger partial charge in [-0.2, -0.15) is 0 Å². The predicted octanol–water partition coefficient (Wildman–Crippen LogP) is 0.665. The molecule has 1 rings (SSSR count). The standard InChI is InChI=1S/C13H17FO5/c1-2-19-12(17)6-11(16)13(18)8-3-4-9(7-15)10(14)5-8/h3-5,11,13,15-16,18H,2,6-7H2,1H3. The van der Waals surface area contributed by atoms with E-state index < -0.39 is 30.6 Å². The number of esters is 1. The van der Waals surface area contributed by atoms with E-state index >= 15 is 0 Å². The summed E-state index contributed by atoms with van der Waals surface area (Å²) in [5.41, 5.74) is 0.224. The number of hydrogen-bond donors (Lipinski definition) is 3. The number of carbonyl (C=O) groups excluding carboxylic acids is 1. The first-order chi connectivity index (χ1) is 8.99. The maximum atomic E-state index is 13.4. The molecule has 1 aromatic rings. The molecule has 6 heteroatoms. The summed E-state index contributed by atoms with van der Waals surface area (Å²) in [5.74, 6) is -1.32. The van der Waals surface area contributed by atoms with Crippen LogP contribution in [0.2, 0.25) is 0 Å². The summed E-state index contributed by atoms with van der Waals surface area (Å²) in [6.45, 7) is 1.36. The number of hydrogen-bond acceptors (Lipinski definition) is 5. The second-order valence-corrected chi connectivity index (χ2v) is 4.03. The largest absolute Gasteiger partial charge is 0.466 e. The number of benzene rings is 1. The Hall–Kier alpha value is -1.50. The van der Waals surface area contributed by atoms with Gasteiger partial charge < -0.3 is 20.1 Å². The number of aliphatic hydroxyl groups is 3. The molecule has 0 aliphatic rings. The van der Waals surface area contributed by atoms with Crippen molar-refractivity contribution in [1.29, 1.82) is 0 Å². The molecule has 0 fully saturated rings. The highest BCUT2D eigenvalue weighted by Gasteiger charge is 2.22. The van der Waals surface area contributed by atoms with E-state index in [1.807, 2.05) is 0 Å². The van der Waals surface area contributed by atoms with Crippen molar-refractivity contribution in [1.82, 2.24) is 0 Å². The Balaban J connectivity index is 2.73. The summed E-state index contributed by atoms with van der Waals surface area (Å²) in [5, 5.41) is 28.3. The van der Waals surface area contributed by atoms with Crippen molar-refractivity contribution >= 4 is 5.97 Å². The highest BCUT2D eigenvalue weighted by Crippen LogP contribution is 2.21. The molecule has 5 nitrogen and oxygen atoms in total. The maximum absolute atomic E-state index is 13.4. The van der Waals surface area contributed by atoms with Crippen molar-refractivity contribution in [3.63, 3.8) is 0 Å². The van der Waals surface area contributed by atoms with E-state index in [0.29, 0.717) is 0 Å². The molecule has 0 spiro atoms. The maximum Gasteiger partial charge on any atom is 0.308 e. The molecule has 0 amide bonds. The van der Waals surface area contributed by atoms with Crippen molar-refractivity contribution in [3.05, 3.63) is 35.1 Å². The van der Waals surface area contributed by atoms with Crippen LogP contribution in [0.3, 0.4) is 0 Å². The molecule has 0 radical (unpaired) electrons. The van der Waals surface area contributed by atoms with Gasteiger partial charge in [-0.05, 0) is 18.6 Å². The van der Waals surface area contributed by atoms with Crippen LogP contribution in [0.15, 0.2) is 18.2 Å². The zero-order valence-electron chi connectivity index (χ0n) is 10.5. The second-order valence-electron chi connectivity index (χ2n) is 4.03. The number of halogens is 1.